The topological polar surface area (TPSA) is 18.5 Å². The van der Waals surface area contributed by atoms with Gasteiger partial charge >= 0.3 is 0 Å². The van der Waals surface area contributed by atoms with Crippen LogP contribution in [0, 0.1) is 11.3 Å². The molecule has 1 aliphatic carbocycles. The summed E-state index contributed by atoms with van der Waals surface area (Å²) in [5, 5.41) is 3.85. The van der Waals surface area contributed by atoms with E-state index in [1.54, 1.807) is 0 Å². The van der Waals surface area contributed by atoms with Gasteiger partial charge in [-0.15, -0.1) is 0 Å². The highest BCUT2D eigenvalue weighted by Crippen LogP contribution is 2.41. The van der Waals surface area contributed by atoms with Gasteiger partial charge in [0.15, 0.2) is 0 Å². The number of nitrogens with one attached hydrogen (secondary N) is 1. The molecule has 0 bridgehead atoms. The lowest BCUT2D eigenvalue weighted by atomic mass is 9.84. The van der Waals surface area contributed by atoms with E-state index in [0.29, 0.717) is 11.5 Å². The van der Waals surface area contributed by atoms with Crippen LogP contribution < -0.4 is 5.32 Å². The van der Waals surface area contributed by atoms with Gasteiger partial charge in [0.05, 0.1) is 0 Å². The molecule has 2 atom stereocenters. The summed E-state index contributed by atoms with van der Waals surface area (Å²) in [6.07, 6.45) is 6.70. The van der Waals surface area contributed by atoms with Crippen molar-refractivity contribution in [2.75, 3.05) is 40.3 Å². The molecule has 2 unspecified atom stereocenters. The Labute approximate surface area is 132 Å². The van der Waals surface area contributed by atoms with Crippen LogP contribution in [0.1, 0.15) is 52.9 Å². The standard InChI is InChI=1S/C18H37N3/c1-6-11-19-17-15(7-10-18(17,2)3)14-21(5)16-8-12-20(4)13-9-16/h15-17,19H,6-14H2,1-5H3. The summed E-state index contributed by atoms with van der Waals surface area (Å²) in [6.45, 7) is 12.2. The SMILES string of the molecule is CCCNC1C(CN(C)C2CCN(C)CC2)CCC1(C)C. The van der Waals surface area contributed by atoms with Crippen LogP contribution >= 0.6 is 0 Å². The van der Waals surface area contributed by atoms with E-state index >= 15 is 0 Å². The predicted octanol–water partition coefficient (Wildman–Crippen LogP) is 2.82. The van der Waals surface area contributed by atoms with E-state index in [1.807, 2.05) is 0 Å². The van der Waals surface area contributed by atoms with Crippen molar-refractivity contribution < 1.29 is 0 Å². The van der Waals surface area contributed by atoms with Gasteiger partial charge in [-0.2, -0.15) is 0 Å². The largest absolute Gasteiger partial charge is 0.313 e. The van der Waals surface area contributed by atoms with E-state index in [9.17, 15) is 0 Å². The zero-order valence-electron chi connectivity index (χ0n) is 15.0. The highest BCUT2D eigenvalue weighted by atomic mass is 15.2. The lowest BCUT2D eigenvalue weighted by molar-refractivity contribution is 0.117. The maximum absolute atomic E-state index is 3.85. The highest BCUT2D eigenvalue weighted by Gasteiger charge is 2.42. The van der Waals surface area contributed by atoms with Gasteiger partial charge in [-0.3, -0.25) is 0 Å². The molecule has 0 aromatic heterocycles. The molecule has 3 nitrogen and oxygen atoms in total. The minimum Gasteiger partial charge on any atom is -0.313 e. The number of likely N-dealkylation sites (tertiary alicyclic amines) is 1. The Kier molecular flexibility index (Phi) is 6.10. The van der Waals surface area contributed by atoms with Crippen molar-refractivity contribution in [3.63, 3.8) is 0 Å². The Morgan fingerprint density at radius 3 is 2.48 bits per heavy atom. The molecule has 0 amide bonds. The molecule has 0 aromatic rings. The molecule has 1 N–H and O–H groups in total. The summed E-state index contributed by atoms with van der Waals surface area (Å²) in [4.78, 5) is 5.13. The van der Waals surface area contributed by atoms with Crippen LogP contribution in [0.4, 0.5) is 0 Å². The maximum Gasteiger partial charge on any atom is 0.0159 e. The molecule has 0 aromatic carbocycles. The van der Waals surface area contributed by atoms with Crippen LogP contribution in [0.15, 0.2) is 0 Å². The van der Waals surface area contributed by atoms with E-state index in [0.717, 1.165) is 12.0 Å². The number of rotatable bonds is 6. The lowest BCUT2D eigenvalue weighted by Crippen LogP contribution is -2.48. The maximum atomic E-state index is 3.85. The van der Waals surface area contributed by atoms with E-state index < -0.39 is 0 Å². The molecule has 0 radical (unpaired) electrons. The van der Waals surface area contributed by atoms with Crippen LogP contribution in [0.2, 0.25) is 0 Å². The summed E-state index contributed by atoms with van der Waals surface area (Å²) in [6, 6.07) is 1.50. The fourth-order valence-electron chi connectivity index (χ4n) is 4.41. The van der Waals surface area contributed by atoms with Crippen LogP contribution in [0.25, 0.3) is 0 Å². The second-order valence-corrected chi connectivity index (χ2v) is 8.19. The van der Waals surface area contributed by atoms with Crippen LogP contribution in [0.3, 0.4) is 0 Å². The Morgan fingerprint density at radius 1 is 1.19 bits per heavy atom. The van der Waals surface area contributed by atoms with E-state index in [2.05, 4.69) is 50.0 Å². The summed E-state index contributed by atoms with van der Waals surface area (Å²) >= 11 is 0. The smallest absolute Gasteiger partial charge is 0.0159 e. The highest BCUT2D eigenvalue weighted by molar-refractivity contribution is 4.97. The first-order chi connectivity index (χ1) is 9.94. The molecule has 1 aliphatic heterocycles. The van der Waals surface area contributed by atoms with E-state index in [1.165, 1.54) is 58.3 Å². The molecule has 3 heteroatoms. The molecular formula is C18H37N3. The number of hydrogen-bond acceptors (Lipinski definition) is 3. The van der Waals surface area contributed by atoms with Gasteiger partial charge in [-0.25, -0.2) is 0 Å². The zero-order chi connectivity index (χ0) is 15.5. The summed E-state index contributed by atoms with van der Waals surface area (Å²) in [5.74, 6) is 0.830. The number of hydrogen-bond donors (Lipinski definition) is 1. The van der Waals surface area contributed by atoms with Crippen molar-refractivity contribution in [1.82, 2.24) is 15.1 Å². The van der Waals surface area contributed by atoms with Crippen LogP contribution in [0.5, 0.6) is 0 Å². The predicted molar refractivity (Wildman–Crippen MR) is 91.7 cm³/mol. The van der Waals surface area contributed by atoms with Gasteiger partial charge in [-0.1, -0.05) is 20.8 Å². The van der Waals surface area contributed by atoms with Crippen molar-refractivity contribution in [2.45, 2.75) is 65.0 Å². The minimum atomic E-state index is 0.466. The Morgan fingerprint density at radius 2 is 1.86 bits per heavy atom. The molecule has 21 heavy (non-hydrogen) atoms. The molecule has 1 heterocycles. The molecule has 0 spiro atoms. The van der Waals surface area contributed by atoms with Gasteiger partial charge < -0.3 is 15.1 Å². The van der Waals surface area contributed by atoms with Gasteiger partial charge in [0.25, 0.3) is 0 Å². The zero-order valence-corrected chi connectivity index (χ0v) is 15.0. The average Bonchev–Trinajstić information content (AvgIpc) is 2.72. The Bertz CT molecular complexity index is 308. The molecule has 124 valence electrons. The Balaban J connectivity index is 1.88. The monoisotopic (exact) mass is 295 g/mol. The van der Waals surface area contributed by atoms with Crippen molar-refractivity contribution in [3.8, 4) is 0 Å². The average molecular weight is 296 g/mol. The van der Waals surface area contributed by atoms with Crippen LogP contribution in [-0.2, 0) is 0 Å². The second-order valence-electron chi connectivity index (χ2n) is 8.19. The first kappa shape index (κ1) is 17.2. The number of piperidine rings is 1. The summed E-state index contributed by atoms with van der Waals surface area (Å²) in [5.41, 5.74) is 0.466. The van der Waals surface area contributed by atoms with Gasteiger partial charge in [0.2, 0.25) is 0 Å². The quantitative estimate of drug-likeness (QED) is 0.813. The number of nitrogens with zero attached hydrogens (tertiary/aromatic N) is 2. The lowest BCUT2D eigenvalue weighted by Gasteiger charge is -2.38. The molecule has 2 fully saturated rings. The first-order valence-corrected chi connectivity index (χ1v) is 9.06. The summed E-state index contributed by atoms with van der Waals surface area (Å²) < 4.78 is 0. The van der Waals surface area contributed by atoms with Crippen molar-refractivity contribution in [3.05, 3.63) is 0 Å². The van der Waals surface area contributed by atoms with Crippen molar-refractivity contribution in [2.24, 2.45) is 11.3 Å². The second kappa shape index (κ2) is 7.43. The molecule has 1 saturated heterocycles. The third-order valence-corrected chi connectivity index (χ3v) is 5.92. The third kappa shape index (κ3) is 4.43. The minimum absolute atomic E-state index is 0.466. The van der Waals surface area contributed by atoms with Gasteiger partial charge in [0.1, 0.15) is 0 Å². The van der Waals surface area contributed by atoms with Crippen LogP contribution in [-0.4, -0.2) is 62.2 Å². The van der Waals surface area contributed by atoms with Crippen molar-refractivity contribution >= 4 is 0 Å². The molecule has 2 aliphatic rings. The fourth-order valence-corrected chi connectivity index (χ4v) is 4.41. The van der Waals surface area contributed by atoms with Crippen molar-refractivity contribution in [1.29, 1.82) is 0 Å². The summed E-state index contributed by atoms with van der Waals surface area (Å²) in [7, 11) is 4.61. The molecule has 1 saturated carbocycles. The molecule has 2 rings (SSSR count). The third-order valence-electron chi connectivity index (χ3n) is 5.92. The normalized spacial score (nSPS) is 31.1. The van der Waals surface area contributed by atoms with Gasteiger partial charge in [0, 0.05) is 18.6 Å². The molecular weight excluding hydrogens is 258 g/mol. The fraction of sp³-hybridized carbons (Fsp3) is 1.00. The Hall–Kier alpha value is -0.120. The van der Waals surface area contributed by atoms with E-state index in [-0.39, 0.29) is 0 Å². The van der Waals surface area contributed by atoms with E-state index in [4.69, 9.17) is 0 Å². The first-order valence-electron chi connectivity index (χ1n) is 9.06. The van der Waals surface area contributed by atoms with Gasteiger partial charge in [-0.05, 0) is 77.2 Å².